The van der Waals surface area contributed by atoms with Crippen molar-refractivity contribution in [2.24, 2.45) is 0 Å². The summed E-state index contributed by atoms with van der Waals surface area (Å²) in [7, 11) is -3.19. The fourth-order valence-corrected chi connectivity index (χ4v) is 6.00. The summed E-state index contributed by atoms with van der Waals surface area (Å²) in [6.45, 7) is 5.89. The molecule has 3 rings (SSSR count). The Bertz CT molecular complexity index is 843. The standard InChI is InChI=1S/C22H22O2P.H2O/c1-16-14-17(2)21(18(3)15-16)22(23)25(24,19-10-6-4-7-11-19)20-12-8-5-9-13-20;/h4-15,24H,1-3H3;1H2/q+1;. The normalized spacial score (nSPS) is 10.9. The van der Waals surface area contributed by atoms with Gasteiger partial charge in [-0.05, 0) is 56.2 Å². The minimum absolute atomic E-state index is 0. The molecule has 0 aliphatic rings. The molecule has 4 heteroatoms. The Morgan fingerprint density at radius 1 is 0.769 bits per heavy atom. The molecule has 134 valence electrons. The number of carbonyl (C=O) groups excluding carboxylic acids is 1. The van der Waals surface area contributed by atoms with Gasteiger partial charge < -0.3 is 5.48 Å². The van der Waals surface area contributed by atoms with Crippen LogP contribution in [-0.4, -0.2) is 15.9 Å². The molecule has 0 spiro atoms. The number of hydrogen-bond donors (Lipinski definition) is 1. The van der Waals surface area contributed by atoms with E-state index in [-0.39, 0.29) is 11.0 Å². The van der Waals surface area contributed by atoms with E-state index in [9.17, 15) is 9.69 Å². The molecule has 0 fully saturated rings. The van der Waals surface area contributed by atoms with Gasteiger partial charge in [0, 0.05) is 0 Å². The Balaban J connectivity index is 0.00000243. The zero-order valence-corrected chi connectivity index (χ0v) is 16.1. The van der Waals surface area contributed by atoms with Gasteiger partial charge in [0.1, 0.15) is 10.6 Å². The van der Waals surface area contributed by atoms with Crippen LogP contribution in [0.1, 0.15) is 27.0 Å². The Morgan fingerprint density at radius 2 is 1.15 bits per heavy atom. The van der Waals surface area contributed by atoms with Crippen LogP contribution in [0, 0.1) is 20.8 Å². The molecule has 0 radical (unpaired) electrons. The van der Waals surface area contributed by atoms with E-state index >= 15 is 0 Å². The van der Waals surface area contributed by atoms with Gasteiger partial charge in [-0.15, -0.1) is 0 Å². The number of rotatable bonds is 4. The molecule has 0 saturated heterocycles. The number of aryl methyl sites for hydroxylation is 3. The smallest absolute Gasteiger partial charge is 0.338 e. The highest BCUT2D eigenvalue weighted by atomic mass is 31.2. The van der Waals surface area contributed by atoms with E-state index < -0.39 is 7.49 Å². The zero-order valence-electron chi connectivity index (χ0n) is 15.2. The van der Waals surface area contributed by atoms with Crippen LogP contribution in [0.3, 0.4) is 0 Å². The van der Waals surface area contributed by atoms with Gasteiger partial charge in [0.15, 0.2) is 0 Å². The van der Waals surface area contributed by atoms with Crippen molar-refractivity contribution >= 4 is 23.6 Å². The lowest BCUT2D eigenvalue weighted by molar-refractivity contribution is 0.107. The highest BCUT2D eigenvalue weighted by Gasteiger charge is 2.51. The molecule has 3 aromatic rings. The molecular weight excluding hydrogens is 343 g/mol. The summed E-state index contributed by atoms with van der Waals surface area (Å²) >= 11 is 0. The van der Waals surface area contributed by atoms with E-state index in [0.29, 0.717) is 16.2 Å². The van der Waals surface area contributed by atoms with E-state index in [0.717, 1.165) is 16.7 Å². The van der Waals surface area contributed by atoms with E-state index in [4.69, 9.17) is 0 Å². The first-order valence-corrected chi connectivity index (χ1v) is 10.0. The summed E-state index contributed by atoms with van der Waals surface area (Å²) in [5.41, 5.74) is 3.39. The molecule has 0 bridgehead atoms. The maximum atomic E-state index is 13.6. The molecule has 0 atom stereocenters. The Kier molecular flexibility index (Phi) is 6.09. The van der Waals surface area contributed by atoms with E-state index in [1.54, 1.807) is 0 Å². The van der Waals surface area contributed by atoms with Crippen molar-refractivity contribution in [2.45, 2.75) is 20.8 Å². The van der Waals surface area contributed by atoms with Gasteiger partial charge in [-0.2, -0.15) is 0 Å². The summed E-state index contributed by atoms with van der Waals surface area (Å²) < 4.78 is 0. The van der Waals surface area contributed by atoms with Crippen molar-refractivity contribution in [1.82, 2.24) is 0 Å². The quantitative estimate of drug-likeness (QED) is 0.717. The second-order valence-corrected chi connectivity index (χ2v) is 9.10. The highest BCUT2D eigenvalue weighted by molar-refractivity contribution is 7.98. The van der Waals surface area contributed by atoms with Gasteiger partial charge in [-0.25, -0.2) is 9.69 Å². The zero-order chi connectivity index (χ0) is 18.0. The second-order valence-electron chi connectivity index (χ2n) is 6.39. The third kappa shape index (κ3) is 3.47. The number of hydrogen-bond acceptors (Lipinski definition) is 2. The topological polar surface area (TPSA) is 68.8 Å². The summed E-state index contributed by atoms with van der Waals surface area (Å²) in [6.07, 6.45) is 0. The fraction of sp³-hybridized carbons (Fsp3) is 0.136. The SMILES string of the molecule is Cc1cc(C)c(C(=O)[P+](O)(c2ccccc2)c2ccccc2)c(C)c1.O. The van der Waals surface area contributed by atoms with Crippen molar-refractivity contribution in [3.63, 3.8) is 0 Å². The van der Waals surface area contributed by atoms with Crippen molar-refractivity contribution in [1.29, 1.82) is 0 Å². The van der Waals surface area contributed by atoms with Crippen molar-refractivity contribution in [3.05, 3.63) is 95.1 Å². The monoisotopic (exact) mass is 367 g/mol. The molecule has 0 heterocycles. The first kappa shape index (κ1) is 20.0. The highest BCUT2D eigenvalue weighted by Crippen LogP contribution is 2.55. The summed E-state index contributed by atoms with van der Waals surface area (Å²) in [5, 5.41) is 1.37. The molecule has 0 aliphatic carbocycles. The van der Waals surface area contributed by atoms with Gasteiger partial charge in [0.25, 0.3) is 7.49 Å². The van der Waals surface area contributed by atoms with Crippen LogP contribution in [-0.2, 0) is 0 Å². The third-order valence-electron chi connectivity index (χ3n) is 4.44. The first-order valence-electron chi connectivity index (χ1n) is 8.30. The molecule has 26 heavy (non-hydrogen) atoms. The van der Waals surface area contributed by atoms with Gasteiger partial charge in [-0.3, -0.25) is 0 Å². The molecule has 0 saturated carbocycles. The lowest BCUT2D eigenvalue weighted by Gasteiger charge is -2.20. The van der Waals surface area contributed by atoms with Crippen LogP contribution in [0.5, 0.6) is 0 Å². The van der Waals surface area contributed by atoms with E-state index in [1.807, 2.05) is 93.6 Å². The van der Waals surface area contributed by atoms with Crippen LogP contribution < -0.4 is 10.6 Å². The predicted molar refractivity (Wildman–Crippen MR) is 110 cm³/mol. The Morgan fingerprint density at radius 3 is 1.54 bits per heavy atom. The molecule has 0 unspecified atom stereocenters. The Hall–Kier alpha value is -2.32. The largest absolute Gasteiger partial charge is 0.412 e. The van der Waals surface area contributed by atoms with Gasteiger partial charge in [0.2, 0.25) is 0 Å². The number of carbonyl (C=O) groups is 1. The van der Waals surface area contributed by atoms with E-state index in [1.165, 1.54) is 0 Å². The van der Waals surface area contributed by atoms with Crippen LogP contribution in [0.15, 0.2) is 72.8 Å². The molecule has 3 aromatic carbocycles. The average molecular weight is 367 g/mol. The summed E-state index contributed by atoms with van der Waals surface area (Å²) in [5.74, 6) is 0. The molecule has 3 nitrogen and oxygen atoms in total. The molecule has 0 aromatic heterocycles. The Labute approximate surface area is 155 Å². The molecule has 0 aliphatic heterocycles. The van der Waals surface area contributed by atoms with E-state index in [2.05, 4.69) is 0 Å². The van der Waals surface area contributed by atoms with Gasteiger partial charge >= 0.3 is 5.52 Å². The first-order chi connectivity index (χ1) is 11.9. The van der Waals surface area contributed by atoms with Crippen molar-refractivity contribution in [3.8, 4) is 0 Å². The van der Waals surface area contributed by atoms with Crippen LogP contribution in [0.2, 0.25) is 0 Å². The van der Waals surface area contributed by atoms with Gasteiger partial charge in [0.05, 0.1) is 5.56 Å². The predicted octanol–water partition coefficient (Wildman–Crippen LogP) is 3.50. The van der Waals surface area contributed by atoms with Crippen molar-refractivity contribution in [2.75, 3.05) is 0 Å². The lowest BCUT2D eigenvalue weighted by atomic mass is 10.0. The molecule has 0 amide bonds. The minimum Gasteiger partial charge on any atom is -0.412 e. The lowest BCUT2D eigenvalue weighted by Crippen LogP contribution is -2.29. The minimum atomic E-state index is -3.19. The fourth-order valence-electron chi connectivity index (χ4n) is 3.35. The van der Waals surface area contributed by atoms with Crippen LogP contribution >= 0.6 is 7.49 Å². The molecule has 3 N–H and O–H groups in total. The summed E-state index contributed by atoms with van der Waals surface area (Å²) in [6, 6.07) is 22.6. The average Bonchev–Trinajstić information content (AvgIpc) is 2.61. The molecular formula is C22H24O3P+. The van der Waals surface area contributed by atoms with Gasteiger partial charge in [-0.1, -0.05) is 54.1 Å². The second kappa shape index (κ2) is 7.92. The van der Waals surface area contributed by atoms with Crippen molar-refractivity contribution < 1.29 is 15.2 Å². The van der Waals surface area contributed by atoms with Crippen LogP contribution in [0.4, 0.5) is 0 Å². The third-order valence-corrected chi connectivity index (χ3v) is 7.35. The summed E-state index contributed by atoms with van der Waals surface area (Å²) in [4.78, 5) is 25.4. The maximum absolute atomic E-state index is 13.6. The number of benzene rings is 3. The van der Waals surface area contributed by atoms with Crippen LogP contribution in [0.25, 0.3) is 0 Å². The maximum Gasteiger partial charge on any atom is 0.338 e.